The Labute approximate surface area is 235 Å². The zero-order chi connectivity index (χ0) is 27.6. The van der Waals surface area contributed by atoms with Crippen molar-refractivity contribution >= 4 is 30.2 Å². The Bertz CT molecular complexity index is 1250. The van der Waals surface area contributed by atoms with Crippen LogP contribution in [0.4, 0.5) is 5.69 Å². The van der Waals surface area contributed by atoms with E-state index < -0.39 is 0 Å². The molecule has 0 radical (unpaired) electrons. The molecule has 1 fully saturated rings. The molecular weight excluding hydrogens is 510 g/mol. The fourth-order valence-electron chi connectivity index (χ4n) is 4.88. The number of aryl methyl sites for hydroxylation is 2. The second-order valence-electron chi connectivity index (χ2n) is 9.35. The zero-order valence-electron chi connectivity index (χ0n) is 23.1. The molecule has 3 aromatic rings. The number of anilines is 1. The van der Waals surface area contributed by atoms with Crippen molar-refractivity contribution in [1.82, 2.24) is 19.7 Å². The van der Waals surface area contributed by atoms with Crippen LogP contribution in [0.2, 0.25) is 0 Å². The van der Waals surface area contributed by atoms with E-state index in [4.69, 9.17) is 9.47 Å². The van der Waals surface area contributed by atoms with Crippen molar-refractivity contribution in [3.8, 4) is 11.6 Å². The highest BCUT2D eigenvalue weighted by molar-refractivity contribution is 7.98. The first kappa shape index (κ1) is 28.5. The highest BCUT2D eigenvalue weighted by Gasteiger charge is 2.30. The number of nitrogens with one attached hydrogen (secondary N) is 1. The summed E-state index contributed by atoms with van der Waals surface area (Å²) in [6, 6.07) is 11.6. The van der Waals surface area contributed by atoms with Gasteiger partial charge in [-0.2, -0.15) is 5.10 Å². The zero-order valence-corrected chi connectivity index (χ0v) is 23.9. The molecule has 2 unspecified atom stereocenters. The van der Waals surface area contributed by atoms with E-state index in [1.54, 1.807) is 32.2 Å². The van der Waals surface area contributed by atoms with Crippen LogP contribution in [0.3, 0.4) is 0 Å². The molecule has 10 heteroatoms. The molecule has 206 valence electrons. The van der Waals surface area contributed by atoms with Crippen LogP contribution in [-0.4, -0.2) is 53.6 Å². The first-order valence-electron chi connectivity index (χ1n) is 13.2. The molecule has 1 aliphatic rings. The van der Waals surface area contributed by atoms with Gasteiger partial charge in [0.25, 0.3) is 0 Å². The van der Waals surface area contributed by atoms with E-state index in [1.165, 1.54) is 12.8 Å². The van der Waals surface area contributed by atoms with Gasteiger partial charge in [0, 0.05) is 36.3 Å². The van der Waals surface area contributed by atoms with E-state index in [0.717, 1.165) is 47.7 Å². The first-order chi connectivity index (χ1) is 19.1. The molecule has 0 bridgehead atoms. The molecule has 1 aromatic carbocycles. The Morgan fingerprint density at radius 2 is 1.87 bits per heavy atom. The summed E-state index contributed by atoms with van der Waals surface area (Å²) in [7, 11) is 3.28. The monoisotopic (exact) mass is 547 g/mol. The topological polar surface area (TPSA) is 97.1 Å². The van der Waals surface area contributed by atoms with Crippen LogP contribution < -0.4 is 19.1 Å². The van der Waals surface area contributed by atoms with Gasteiger partial charge in [-0.25, -0.2) is 19.7 Å². The Balaban J connectivity index is 1.66. The van der Waals surface area contributed by atoms with Crippen LogP contribution in [0, 0.1) is 6.92 Å². The van der Waals surface area contributed by atoms with Crippen LogP contribution in [0.25, 0.3) is 0 Å². The minimum atomic E-state index is 0.297. The van der Waals surface area contributed by atoms with Gasteiger partial charge in [0.2, 0.25) is 5.88 Å². The summed E-state index contributed by atoms with van der Waals surface area (Å²) in [6.07, 6.45) is 9.20. The third-order valence-corrected chi connectivity index (χ3v) is 7.99. The van der Waals surface area contributed by atoms with E-state index in [1.807, 2.05) is 43.6 Å². The Morgan fingerprint density at radius 3 is 2.59 bits per heavy atom. The van der Waals surface area contributed by atoms with E-state index in [-0.39, 0.29) is 0 Å². The molecule has 1 saturated carbocycles. The first-order valence-corrected chi connectivity index (χ1v) is 14.1. The molecule has 0 spiro atoms. The third kappa shape index (κ3) is 6.93. The predicted molar refractivity (Wildman–Crippen MR) is 159 cm³/mol. The van der Waals surface area contributed by atoms with E-state index in [9.17, 15) is 0 Å². The van der Waals surface area contributed by atoms with Crippen molar-refractivity contribution in [2.45, 2.75) is 57.1 Å². The molecule has 2 aromatic heterocycles. The van der Waals surface area contributed by atoms with Gasteiger partial charge in [0.1, 0.15) is 17.3 Å². The molecule has 0 saturated heterocycles. The fourth-order valence-corrected chi connectivity index (χ4v) is 6.01. The Hall–Kier alpha value is -3.50. The lowest BCUT2D eigenvalue weighted by molar-refractivity contribution is 0.397. The number of ether oxygens (including phenoxy) is 2. The third-order valence-electron chi connectivity index (χ3n) is 6.83. The summed E-state index contributed by atoms with van der Waals surface area (Å²) in [5, 5.41) is 8.70. The molecule has 2 atom stereocenters. The molecule has 2 heterocycles. The highest BCUT2D eigenvalue weighted by Crippen LogP contribution is 2.38. The summed E-state index contributed by atoms with van der Waals surface area (Å²) in [6.45, 7) is 8.21. The maximum absolute atomic E-state index is 5.82. The van der Waals surface area contributed by atoms with Gasteiger partial charge in [-0.3, -0.25) is 0 Å². The summed E-state index contributed by atoms with van der Waals surface area (Å²) in [5.41, 5.74) is 3.71. The lowest BCUT2D eigenvalue weighted by atomic mass is 9.88. The molecule has 1 aliphatic carbocycles. The van der Waals surface area contributed by atoms with Gasteiger partial charge in [-0.05, 0) is 49.4 Å². The average molecular weight is 548 g/mol. The number of hydrogen-bond acceptors (Lipinski definition) is 9. The molecule has 0 amide bonds. The summed E-state index contributed by atoms with van der Waals surface area (Å²) < 4.78 is 14.8. The van der Waals surface area contributed by atoms with Gasteiger partial charge in [0.15, 0.2) is 5.84 Å². The van der Waals surface area contributed by atoms with Gasteiger partial charge < -0.3 is 14.4 Å². The van der Waals surface area contributed by atoms with Crippen LogP contribution >= 0.6 is 11.9 Å². The minimum absolute atomic E-state index is 0.297. The van der Waals surface area contributed by atoms with Crippen molar-refractivity contribution in [2.24, 2.45) is 10.2 Å². The van der Waals surface area contributed by atoms with E-state index in [2.05, 4.69) is 54.5 Å². The number of para-hydroxylation sites is 1. The highest BCUT2D eigenvalue weighted by atomic mass is 32.2. The van der Waals surface area contributed by atoms with Crippen LogP contribution in [0.1, 0.15) is 61.2 Å². The predicted octanol–water partition coefficient (Wildman–Crippen LogP) is 5.55. The van der Waals surface area contributed by atoms with Gasteiger partial charge in [0.05, 0.1) is 26.6 Å². The van der Waals surface area contributed by atoms with Crippen LogP contribution in [0.5, 0.6) is 11.6 Å². The van der Waals surface area contributed by atoms with Crippen molar-refractivity contribution in [2.75, 3.05) is 25.8 Å². The number of rotatable bonds is 11. The second kappa shape index (κ2) is 14.0. The van der Waals surface area contributed by atoms with Crippen molar-refractivity contribution in [1.29, 1.82) is 0 Å². The molecular formula is C29H37N7O2S. The fraction of sp³-hybridized carbons (Fsp3) is 0.414. The number of nitrogens with zero attached hydrogens (tertiary/aromatic N) is 6. The summed E-state index contributed by atoms with van der Waals surface area (Å²) in [5.74, 6) is 2.99. The molecule has 1 N–H and O–H groups in total. The maximum Gasteiger partial charge on any atom is 0.213 e. The number of aromatic nitrogens is 3. The minimum Gasteiger partial charge on any atom is -0.495 e. The summed E-state index contributed by atoms with van der Waals surface area (Å²) >= 11 is 1.73. The van der Waals surface area contributed by atoms with Gasteiger partial charge >= 0.3 is 0 Å². The second-order valence-corrected chi connectivity index (χ2v) is 10.5. The smallest absolute Gasteiger partial charge is 0.213 e. The van der Waals surface area contributed by atoms with Crippen molar-refractivity contribution in [3.05, 3.63) is 71.4 Å². The van der Waals surface area contributed by atoms with Crippen LogP contribution in [0.15, 0.2) is 59.0 Å². The summed E-state index contributed by atoms with van der Waals surface area (Å²) in [4.78, 5) is 16.0. The Kier molecular flexibility index (Phi) is 10.3. The largest absolute Gasteiger partial charge is 0.495 e. The Morgan fingerprint density at radius 1 is 1.10 bits per heavy atom. The lowest BCUT2D eigenvalue weighted by Gasteiger charge is -2.32. The number of benzene rings is 1. The normalized spacial score (nSPS) is 17.5. The number of amidine groups is 1. The molecule has 39 heavy (non-hydrogen) atoms. The standard InChI is InChI=1S/C29H37N7O2S/c1-6-21-11-9-14-24(37-4)27(21)36(29(35-30-3)23-13-10-16-26(34-23)38-5)19-33-39-25-15-8-7-12-22(25)28-31-17-20(2)18-32-28/h9-11,13-14,16-18,22,25,33H,3,6-8,12,15,19H2,1-2,4-5H3/b35-29-. The lowest BCUT2D eigenvalue weighted by Crippen LogP contribution is -2.40. The number of hydrogen-bond donors (Lipinski definition) is 1. The van der Waals surface area contributed by atoms with Crippen molar-refractivity contribution in [3.63, 3.8) is 0 Å². The van der Waals surface area contributed by atoms with Gasteiger partial charge in [-0.15, -0.1) is 5.10 Å². The SMILES string of the molecule is C=N/N=C(/c1cccc(OC)n1)N(CNSC1CCCCC1c1ncc(C)cn1)c1c(CC)cccc1OC. The van der Waals surface area contributed by atoms with Crippen molar-refractivity contribution < 1.29 is 9.47 Å². The quantitative estimate of drug-likeness (QED) is 0.110. The van der Waals surface area contributed by atoms with Gasteiger partial charge in [-0.1, -0.05) is 49.9 Å². The molecule has 4 rings (SSSR count). The molecule has 0 aliphatic heterocycles. The number of methoxy groups -OCH3 is 2. The molecule has 9 nitrogen and oxygen atoms in total. The number of pyridine rings is 1. The average Bonchev–Trinajstić information content (AvgIpc) is 2.98. The van der Waals surface area contributed by atoms with E-state index in [0.29, 0.717) is 35.2 Å². The maximum atomic E-state index is 5.82. The van der Waals surface area contributed by atoms with Crippen LogP contribution in [-0.2, 0) is 6.42 Å². The van der Waals surface area contributed by atoms with E-state index >= 15 is 0 Å².